The fraction of sp³-hybridized carbons (Fsp3) is 0.484. The molecular weight excluding hydrogens is 575 g/mol. The smallest absolute Gasteiger partial charge is 0.303 e. The van der Waals surface area contributed by atoms with Crippen LogP contribution in [-0.2, 0) is 11.3 Å². The first kappa shape index (κ1) is 30.5. The summed E-state index contributed by atoms with van der Waals surface area (Å²) in [5, 5.41) is 22.6. The van der Waals surface area contributed by atoms with Crippen LogP contribution < -0.4 is 15.0 Å². The van der Waals surface area contributed by atoms with E-state index in [4.69, 9.17) is 38.0 Å². The highest BCUT2D eigenvalue weighted by Crippen LogP contribution is 2.32. The zero-order valence-corrected chi connectivity index (χ0v) is 25.6. The average Bonchev–Trinajstić information content (AvgIpc) is 3.32. The van der Waals surface area contributed by atoms with Gasteiger partial charge in [0.2, 0.25) is 11.8 Å². The SMILES string of the molecule is CCNC[C@@H]1C[C@@H](C)CN1c1ccc(Oc2cc(CN3CCC(CC(=O)O)CC3)cc(-c3cc(Cl)cc(Cl)c3)n2)nn1. The Morgan fingerprint density at radius 1 is 1.07 bits per heavy atom. The second kappa shape index (κ2) is 14.0. The Labute approximate surface area is 257 Å². The maximum Gasteiger partial charge on any atom is 0.303 e. The van der Waals surface area contributed by atoms with E-state index in [1.165, 1.54) is 0 Å². The number of carbonyl (C=O) groups is 1. The lowest BCUT2D eigenvalue weighted by Gasteiger charge is -2.31. The van der Waals surface area contributed by atoms with Crippen molar-refractivity contribution in [3.05, 3.63) is 58.1 Å². The molecule has 0 spiro atoms. The minimum atomic E-state index is -0.728. The van der Waals surface area contributed by atoms with E-state index in [0.29, 0.717) is 46.0 Å². The number of piperidine rings is 1. The van der Waals surface area contributed by atoms with Gasteiger partial charge in [-0.1, -0.05) is 37.0 Å². The number of nitrogens with zero attached hydrogens (tertiary/aromatic N) is 5. The van der Waals surface area contributed by atoms with Gasteiger partial charge >= 0.3 is 5.97 Å². The van der Waals surface area contributed by atoms with Crippen molar-refractivity contribution in [2.24, 2.45) is 11.8 Å². The van der Waals surface area contributed by atoms with Gasteiger partial charge in [-0.25, -0.2) is 4.98 Å². The Morgan fingerprint density at radius 2 is 1.83 bits per heavy atom. The number of hydrogen-bond acceptors (Lipinski definition) is 8. The molecule has 2 aliphatic heterocycles. The molecule has 0 radical (unpaired) electrons. The Hall–Kier alpha value is -2.98. The van der Waals surface area contributed by atoms with Gasteiger partial charge in [0.1, 0.15) is 0 Å². The molecular formula is C31H38Cl2N6O3. The van der Waals surface area contributed by atoms with Gasteiger partial charge in [0, 0.05) is 59.8 Å². The van der Waals surface area contributed by atoms with Crippen molar-refractivity contribution in [2.75, 3.05) is 37.6 Å². The number of carboxylic acid groups (broad SMARTS) is 1. The molecule has 0 saturated carbocycles. The zero-order chi connectivity index (χ0) is 29.6. The van der Waals surface area contributed by atoms with Crippen LogP contribution in [0.5, 0.6) is 11.8 Å². The van der Waals surface area contributed by atoms with Crippen LogP contribution in [0.2, 0.25) is 10.0 Å². The first-order valence-corrected chi connectivity index (χ1v) is 15.4. The van der Waals surface area contributed by atoms with Gasteiger partial charge < -0.3 is 20.1 Å². The second-order valence-corrected chi connectivity index (χ2v) is 12.3. The van der Waals surface area contributed by atoms with Crippen molar-refractivity contribution in [2.45, 2.75) is 52.1 Å². The first-order chi connectivity index (χ1) is 20.2. The molecule has 2 aliphatic rings. The van der Waals surface area contributed by atoms with Crippen LogP contribution in [0.4, 0.5) is 5.82 Å². The van der Waals surface area contributed by atoms with Gasteiger partial charge in [0.15, 0.2) is 5.82 Å². The third-order valence-corrected chi connectivity index (χ3v) is 8.42. The Morgan fingerprint density at radius 3 is 2.50 bits per heavy atom. The summed E-state index contributed by atoms with van der Waals surface area (Å²) in [6.07, 6.45) is 3.08. The van der Waals surface area contributed by atoms with E-state index in [1.54, 1.807) is 6.07 Å². The van der Waals surface area contributed by atoms with E-state index in [1.807, 2.05) is 36.4 Å². The molecule has 42 heavy (non-hydrogen) atoms. The van der Waals surface area contributed by atoms with Crippen molar-refractivity contribution >= 4 is 35.0 Å². The monoisotopic (exact) mass is 612 g/mol. The molecule has 1 aromatic carbocycles. The van der Waals surface area contributed by atoms with Crippen molar-refractivity contribution in [3.63, 3.8) is 0 Å². The number of aromatic nitrogens is 3. The predicted molar refractivity (Wildman–Crippen MR) is 166 cm³/mol. The highest BCUT2D eigenvalue weighted by atomic mass is 35.5. The zero-order valence-electron chi connectivity index (χ0n) is 24.1. The largest absolute Gasteiger partial charge is 0.481 e. The van der Waals surface area contributed by atoms with Crippen molar-refractivity contribution in [1.29, 1.82) is 0 Å². The molecule has 2 N–H and O–H groups in total. The molecule has 11 heteroatoms. The van der Waals surface area contributed by atoms with Crippen LogP contribution in [0.1, 0.15) is 45.1 Å². The topological polar surface area (TPSA) is 104 Å². The molecule has 9 nitrogen and oxygen atoms in total. The number of likely N-dealkylation sites (N-methyl/N-ethyl adjacent to an activating group) is 1. The molecule has 3 aromatic rings. The minimum Gasteiger partial charge on any atom is -0.481 e. The summed E-state index contributed by atoms with van der Waals surface area (Å²) in [5.41, 5.74) is 2.50. The summed E-state index contributed by atoms with van der Waals surface area (Å²) in [5.74, 6) is 1.71. The number of nitrogens with one attached hydrogen (secondary N) is 1. The Bertz CT molecular complexity index is 1350. The highest BCUT2D eigenvalue weighted by molar-refractivity contribution is 6.35. The number of rotatable bonds is 11. The van der Waals surface area contributed by atoms with E-state index in [-0.39, 0.29) is 12.3 Å². The molecule has 2 saturated heterocycles. The fourth-order valence-electron chi connectivity index (χ4n) is 5.97. The number of anilines is 1. The van der Waals surface area contributed by atoms with Crippen molar-refractivity contribution < 1.29 is 14.6 Å². The third-order valence-electron chi connectivity index (χ3n) is 7.98. The number of benzene rings is 1. The number of likely N-dealkylation sites (tertiary alicyclic amines) is 1. The normalized spacial score (nSPS) is 19.8. The Kier molecular flexibility index (Phi) is 10.2. The molecule has 0 aliphatic carbocycles. The van der Waals surface area contributed by atoms with E-state index >= 15 is 0 Å². The Balaban J connectivity index is 1.35. The molecule has 0 bridgehead atoms. The summed E-state index contributed by atoms with van der Waals surface area (Å²) < 4.78 is 6.16. The summed E-state index contributed by atoms with van der Waals surface area (Å²) in [4.78, 5) is 20.6. The lowest BCUT2D eigenvalue weighted by molar-refractivity contribution is -0.138. The second-order valence-electron chi connectivity index (χ2n) is 11.5. The van der Waals surface area contributed by atoms with E-state index in [2.05, 4.69) is 39.2 Å². The lowest BCUT2D eigenvalue weighted by atomic mass is 9.93. The molecule has 2 atom stereocenters. The van der Waals surface area contributed by atoms with Crippen LogP contribution in [-0.4, -0.2) is 69.9 Å². The fourth-order valence-corrected chi connectivity index (χ4v) is 6.50. The van der Waals surface area contributed by atoms with E-state index in [9.17, 15) is 4.79 Å². The van der Waals surface area contributed by atoms with E-state index in [0.717, 1.165) is 68.9 Å². The molecule has 2 aromatic heterocycles. The molecule has 4 heterocycles. The van der Waals surface area contributed by atoms with Gasteiger partial charge in [0.25, 0.3) is 0 Å². The predicted octanol–water partition coefficient (Wildman–Crippen LogP) is 6.15. The number of hydrogen-bond donors (Lipinski definition) is 2. The van der Waals surface area contributed by atoms with Crippen LogP contribution in [0.15, 0.2) is 42.5 Å². The molecule has 0 amide bonds. The van der Waals surface area contributed by atoms with Crippen LogP contribution in [0.3, 0.4) is 0 Å². The minimum absolute atomic E-state index is 0.225. The van der Waals surface area contributed by atoms with Gasteiger partial charge in [-0.15, -0.1) is 10.2 Å². The van der Waals surface area contributed by atoms with Crippen molar-refractivity contribution in [3.8, 4) is 23.0 Å². The molecule has 224 valence electrons. The van der Waals surface area contributed by atoms with Crippen molar-refractivity contribution in [1.82, 2.24) is 25.4 Å². The number of carboxylic acids is 1. The van der Waals surface area contributed by atoms with Gasteiger partial charge in [-0.3, -0.25) is 9.69 Å². The van der Waals surface area contributed by atoms with Crippen LogP contribution >= 0.6 is 23.2 Å². The maximum absolute atomic E-state index is 11.1. The summed E-state index contributed by atoms with van der Waals surface area (Å²) >= 11 is 12.6. The van der Waals surface area contributed by atoms with Crippen LogP contribution in [0.25, 0.3) is 11.3 Å². The number of ether oxygens (including phenoxy) is 1. The quantitative estimate of drug-likeness (QED) is 0.264. The molecule has 2 fully saturated rings. The maximum atomic E-state index is 11.1. The van der Waals surface area contributed by atoms with Gasteiger partial charge in [-0.2, -0.15) is 0 Å². The van der Waals surface area contributed by atoms with E-state index < -0.39 is 5.97 Å². The average molecular weight is 614 g/mol. The number of pyridine rings is 1. The lowest BCUT2D eigenvalue weighted by Crippen LogP contribution is -2.38. The summed E-state index contributed by atoms with van der Waals surface area (Å²) in [6, 6.07) is 13.5. The first-order valence-electron chi connectivity index (χ1n) is 14.7. The highest BCUT2D eigenvalue weighted by Gasteiger charge is 2.30. The number of halogens is 2. The van der Waals surface area contributed by atoms with Gasteiger partial charge in [-0.05, 0) is 86.6 Å². The molecule has 5 rings (SSSR count). The summed E-state index contributed by atoms with van der Waals surface area (Å²) in [7, 11) is 0. The third kappa shape index (κ3) is 8.10. The standard InChI is InChI=1S/C31H38Cl2N6O3/c1-3-34-17-26-10-20(2)18-39(26)28-4-5-29(37-36-28)42-30-12-22(19-38-8-6-21(7-9-38)13-31(40)41)11-27(35-30)23-14-24(32)16-25(33)15-23/h4-5,11-12,14-16,20-21,26,34H,3,6-10,13,17-19H2,1-2H3,(H,40,41)/t20-,26+/m1/s1. The van der Waals surface area contributed by atoms with Crippen LogP contribution in [0, 0.1) is 11.8 Å². The molecule has 0 unspecified atom stereocenters. The summed E-state index contributed by atoms with van der Waals surface area (Å²) in [6.45, 7) is 9.57. The number of aliphatic carboxylic acids is 1. The van der Waals surface area contributed by atoms with Gasteiger partial charge in [0.05, 0.1) is 5.69 Å².